The first-order valence-corrected chi connectivity index (χ1v) is 9.64. The number of ketones is 4. The molecule has 2 aliphatic rings. The van der Waals surface area contributed by atoms with Gasteiger partial charge >= 0.3 is 0 Å². The molecule has 0 atom stereocenters. The highest BCUT2D eigenvalue weighted by atomic mass is 16.1. The molecule has 0 saturated heterocycles. The molecule has 0 aliphatic heterocycles. The molecule has 0 aromatic carbocycles. The fourth-order valence-corrected chi connectivity index (χ4v) is 3.58. The normalized spacial score (nSPS) is 21.2. The largest absolute Gasteiger partial charge is 0.300 e. The molecule has 0 N–H and O–H groups in total. The summed E-state index contributed by atoms with van der Waals surface area (Å²) in [6.45, 7) is 5.39. The predicted molar refractivity (Wildman–Crippen MR) is 98.3 cm³/mol. The van der Waals surface area contributed by atoms with E-state index in [9.17, 15) is 19.2 Å². The number of allylic oxidation sites excluding steroid dienone is 2. The van der Waals surface area contributed by atoms with E-state index < -0.39 is 0 Å². The van der Waals surface area contributed by atoms with Crippen molar-refractivity contribution < 1.29 is 19.2 Å². The summed E-state index contributed by atoms with van der Waals surface area (Å²) < 4.78 is 0. The molecule has 0 amide bonds. The minimum atomic E-state index is 0.125. The number of hydrogen-bond acceptors (Lipinski definition) is 4. The van der Waals surface area contributed by atoms with Gasteiger partial charge in [0.1, 0.15) is 17.3 Å². The van der Waals surface area contributed by atoms with E-state index in [1.807, 2.05) is 13.8 Å². The maximum Gasteiger partial charge on any atom is 0.152 e. The second kappa shape index (κ2) is 11.1. The van der Waals surface area contributed by atoms with Crippen LogP contribution in [0.4, 0.5) is 0 Å². The first kappa shape index (κ1) is 21.5. The minimum absolute atomic E-state index is 0.125. The third-order valence-electron chi connectivity index (χ3n) is 5.19. The fourth-order valence-electron chi connectivity index (χ4n) is 3.58. The molecule has 0 aromatic rings. The van der Waals surface area contributed by atoms with Gasteiger partial charge in [-0.15, -0.1) is 0 Å². The molecule has 2 rings (SSSR count). The van der Waals surface area contributed by atoms with Gasteiger partial charge in [0.25, 0.3) is 0 Å². The summed E-state index contributed by atoms with van der Waals surface area (Å²) in [7, 11) is 0. The Balaban J connectivity index is 0.000000257. The van der Waals surface area contributed by atoms with Gasteiger partial charge < -0.3 is 0 Å². The summed E-state index contributed by atoms with van der Waals surface area (Å²) in [5.41, 5.74) is 1.22. The lowest BCUT2D eigenvalue weighted by molar-refractivity contribution is -0.127. The molecule has 0 bridgehead atoms. The Bertz CT molecular complexity index is 510. The predicted octanol–water partition coefficient (Wildman–Crippen LogP) is 4.40. The van der Waals surface area contributed by atoms with Gasteiger partial charge in [-0.1, -0.05) is 19.4 Å². The Kier molecular flexibility index (Phi) is 9.54. The maximum atomic E-state index is 11.4. The lowest BCUT2D eigenvalue weighted by Crippen LogP contribution is -2.20. The van der Waals surface area contributed by atoms with Crippen LogP contribution in [0.5, 0.6) is 0 Å². The zero-order chi connectivity index (χ0) is 18.8. The van der Waals surface area contributed by atoms with E-state index in [1.54, 1.807) is 13.0 Å². The zero-order valence-corrected chi connectivity index (χ0v) is 15.9. The van der Waals surface area contributed by atoms with Gasteiger partial charge in [0.15, 0.2) is 5.78 Å². The van der Waals surface area contributed by atoms with E-state index in [0.717, 1.165) is 38.5 Å². The Hall–Kier alpha value is -1.58. The Morgan fingerprint density at radius 2 is 1.24 bits per heavy atom. The minimum Gasteiger partial charge on any atom is -0.300 e. The molecule has 0 spiro atoms. The van der Waals surface area contributed by atoms with Crippen LogP contribution in [-0.2, 0) is 19.2 Å². The summed E-state index contributed by atoms with van der Waals surface area (Å²) in [6.07, 6.45) is 9.56. The summed E-state index contributed by atoms with van der Waals surface area (Å²) in [5.74, 6) is 1.61. The summed E-state index contributed by atoms with van der Waals surface area (Å²) in [5, 5.41) is 0. The molecule has 2 saturated carbocycles. The van der Waals surface area contributed by atoms with Crippen LogP contribution < -0.4 is 0 Å². The average molecular weight is 348 g/mol. The Labute approximate surface area is 151 Å². The molecule has 0 aromatic heterocycles. The molecule has 2 fully saturated rings. The van der Waals surface area contributed by atoms with Crippen LogP contribution in [0.2, 0.25) is 0 Å². The first-order chi connectivity index (χ1) is 11.9. The van der Waals surface area contributed by atoms with Crippen molar-refractivity contribution in [2.75, 3.05) is 0 Å². The van der Waals surface area contributed by atoms with Gasteiger partial charge in [0.05, 0.1) is 0 Å². The van der Waals surface area contributed by atoms with Crippen LogP contribution in [0.1, 0.15) is 85.0 Å². The van der Waals surface area contributed by atoms with E-state index in [2.05, 4.69) is 0 Å². The molecule has 2 aliphatic carbocycles. The van der Waals surface area contributed by atoms with E-state index >= 15 is 0 Å². The van der Waals surface area contributed by atoms with Gasteiger partial charge in [-0.05, 0) is 51.5 Å². The Morgan fingerprint density at radius 1 is 0.840 bits per heavy atom. The van der Waals surface area contributed by atoms with Crippen LogP contribution in [0.3, 0.4) is 0 Å². The van der Waals surface area contributed by atoms with E-state index in [-0.39, 0.29) is 17.6 Å². The summed E-state index contributed by atoms with van der Waals surface area (Å²) in [4.78, 5) is 44.2. The van der Waals surface area contributed by atoms with Crippen molar-refractivity contribution in [2.45, 2.75) is 85.0 Å². The average Bonchev–Trinajstić information content (AvgIpc) is 2.61. The van der Waals surface area contributed by atoms with E-state index in [4.69, 9.17) is 0 Å². The zero-order valence-electron chi connectivity index (χ0n) is 15.9. The molecular weight excluding hydrogens is 316 g/mol. The van der Waals surface area contributed by atoms with Crippen LogP contribution in [0.15, 0.2) is 11.6 Å². The van der Waals surface area contributed by atoms with Gasteiger partial charge in [0.2, 0.25) is 0 Å². The molecular formula is C21H32O4. The first-order valence-electron chi connectivity index (χ1n) is 9.64. The molecule has 0 unspecified atom stereocenters. The van der Waals surface area contributed by atoms with E-state index in [0.29, 0.717) is 43.0 Å². The number of Topliss-reactive ketones (excluding diaryl/α,β-unsaturated/α-hetero) is 3. The van der Waals surface area contributed by atoms with Crippen molar-refractivity contribution in [1.82, 2.24) is 0 Å². The van der Waals surface area contributed by atoms with Gasteiger partial charge in [-0.25, -0.2) is 0 Å². The second-order valence-corrected chi connectivity index (χ2v) is 7.14. The van der Waals surface area contributed by atoms with Gasteiger partial charge in [-0.2, -0.15) is 0 Å². The number of carbonyl (C=O) groups is 4. The molecule has 0 radical (unpaired) electrons. The fraction of sp³-hybridized carbons (Fsp3) is 0.714. The molecule has 140 valence electrons. The summed E-state index contributed by atoms with van der Waals surface area (Å²) >= 11 is 0. The standard InChI is InChI=1S/C12H18O2.C9H14O2/c1-3-12(14)11-6-4-10(5-7-11)8-9(2)13;1-2-9(11)7-3-5-8(10)6-4-7/h8,11H,3-7H2,1-2H3;7H,2-6H2,1H3. The Morgan fingerprint density at radius 3 is 1.60 bits per heavy atom. The lowest BCUT2D eigenvalue weighted by Gasteiger charge is -2.22. The van der Waals surface area contributed by atoms with Crippen LogP contribution >= 0.6 is 0 Å². The van der Waals surface area contributed by atoms with Crippen molar-refractivity contribution in [1.29, 1.82) is 0 Å². The number of hydrogen-bond donors (Lipinski definition) is 0. The highest BCUT2D eigenvalue weighted by molar-refractivity contribution is 5.88. The van der Waals surface area contributed by atoms with Crippen LogP contribution in [-0.4, -0.2) is 23.1 Å². The molecule has 0 heterocycles. The third kappa shape index (κ3) is 7.89. The number of carbonyl (C=O) groups excluding carboxylic acids is 4. The number of rotatable bonds is 5. The molecule has 4 nitrogen and oxygen atoms in total. The maximum absolute atomic E-state index is 11.4. The van der Waals surface area contributed by atoms with Gasteiger partial charge in [-0.3, -0.25) is 19.2 Å². The highest BCUT2D eigenvalue weighted by Crippen LogP contribution is 2.29. The van der Waals surface area contributed by atoms with Crippen LogP contribution in [0, 0.1) is 11.8 Å². The lowest BCUT2D eigenvalue weighted by atomic mass is 9.82. The van der Waals surface area contributed by atoms with Crippen molar-refractivity contribution >= 4 is 23.1 Å². The SMILES string of the molecule is CCC(=O)C1CCC(=CC(C)=O)CC1.CCC(=O)C1CCC(=O)CC1. The van der Waals surface area contributed by atoms with Crippen LogP contribution in [0.25, 0.3) is 0 Å². The smallest absolute Gasteiger partial charge is 0.152 e. The van der Waals surface area contributed by atoms with Crippen molar-refractivity contribution in [3.63, 3.8) is 0 Å². The molecule has 4 heteroatoms. The van der Waals surface area contributed by atoms with Crippen molar-refractivity contribution in [3.8, 4) is 0 Å². The monoisotopic (exact) mass is 348 g/mol. The second-order valence-electron chi connectivity index (χ2n) is 7.14. The highest BCUT2D eigenvalue weighted by Gasteiger charge is 2.23. The van der Waals surface area contributed by atoms with Crippen molar-refractivity contribution in [2.24, 2.45) is 11.8 Å². The quantitative estimate of drug-likeness (QED) is 0.691. The topological polar surface area (TPSA) is 68.3 Å². The third-order valence-corrected chi connectivity index (χ3v) is 5.19. The van der Waals surface area contributed by atoms with Crippen molar-refractivity contribution in [3.05, 3.63) is 11.6 Å². The summed E-state index contributed by atoms with van der Waals surface area (Å²) in [6, 6.07) is 0. The van der Waals surface area contributed by atoms with Gasteiger partial charge in [0, 0.05) is 37.5 Å². The molecule has 25 heavy (non-hydrogen) atoms. The van der Waals surface area contributed by atoms with E-state index in [1.165, 1.54) is 5.57 Å².